The number of nitrogens with zero attached hydrogens (tertiary/aromatic N) is 2. The number of benzene rings is 2. The minimum Gasteiger partial charge on any atom is -0.345 e. The third kappa shape index (κ3) is 4.85. The maximum Gasteiger partial charge on any atom is 0.253 e. The number of hydrogen-bond donors (Lipinski definition) is 1. The topological polar surface area (TPSA) is 86.8 Å². The lowest BCUT2D eigenvalue weighted by atomic mass is 9.98. The second-order valence-corrected chi connectivity index (χ2v) is 9.36. The van der Waals surface area contributed by atoms with Gasteiger partial charge in [0.25, 0.3) is 5.91 Å². The van der Waals surface area contributed by atoms with E-state index < -0.39 is 21.8 Å². The first-order chi connectivity index (χ1) is 14.2. The number of amides is 2. The molecule has 0 aromatic heterocycles. The number of halogens is 1. The number of carbonyl (C=O) groups excluding carboxylic acids is 2. The highest BCUT2D eigenvalue weighted by molar-refractivity contribution is 7.89. The van der Waals surface area contributed by atoms with E-state index in [1.54, 1.807) is 38.4 Å². The third-order valence-corrected chi connectivity index (χ3v) is 6.87. The second-order valence-electron chi connectivity index (χ2n) is 7.43. The van der Waals surface area contributed by atoms with Crippen molar-refractivity contribution >= 4 is 27.5 Å². The number of anilines is 1. The smallest absolute Gasteiger partial charge is 0.253 e. The normalized spacial score (nSPS) is 17.4. The van der Waals surface area contributed by atoms with Gasteiger partial charge in [0.15, 0.2) is 0 Å². The highest BCUT2D eigenvalue weighted by Crippen LogP contribution is 2.25. The first-order valence-corrected chi connectivity index (χ1v) is 11.0. The van der Waals surface area contributed by atoms with Crippen LogP contribution in [0.1, 0.15) is 23.2 Å². The zero-order valence-corrected chi connectivity index (χ0v) is 17.7. The summed E-state index contributed by atoms with van der Waals surface area (Å²) in [5.74, 6) is -1.52. The Morgan fingerprint density at radius 2 is 1.83 bits per heavy atom. The summed E-state index contributed by atoms with van der Waals surface area (Å²) in [6.45, 7) is 0.345. The molecule has 160 valence electrons. The first-order valence-electron chi connectivity index (χ1n) is 9.57. The van der Waals surface area contributed by atoms with Crippen molar-refractivity contribution < 1.29 is 22.4 Å². The van der Waals surface area contributed by atoms with Gasteiger partial charge >= 0.3 is 0 Å². The van der Waals surface area contributed by atoms with Crippen molar-refractivity contribution in [2.45, 2.75) is 17.7 Å². The Morgan fingerprint density at radius 1 is 1.13 bits per heavy atom. The Bertz CT molecular complexity index is 1040. The first kappa shape index (κ1) is 21.9. The lowest BCUT2D eigenvalue weighted by Gasteiger charge is -2.31. The molecule has 9 heteroatoms. The molecule has 0 spiro atoms. The zero-order valence-electron chi connectivity index (χ0n) is 16.8. The van der Waals surface area contributed by atoms with Crippen molar-refractivity contribution in [2.75, 3.05) is 32.5 Å². The van der Waals surface area contributed by atoms with Crippen molar-refractivity contribution in [1.82, 2.24) is 9.21 Å². The minimum absolute atomic E-state index is 0.000132. The van der Waals surface area contributed by atoms with Crippen molar-refractivity contribution in [3.8, 4) is 0 Å². The SMILES string of the molecule is CN(C)C(=O)c1cccc(NC(=O)C2CCCN(S(=O)(=O)c3ccc(F)cc3)C2)c1. The van der Waals surface area contributed by atoms with Gasteiger partial charge in [-0.3, -0.25) is 9.59 Å². The minimum atomic E-state index is -3.81. The number of nitrogens with one attached hydrogen (secondary N) is 1. The van der Waals surface area contributed by atoms with Gasteiger partial charge in [0.2, 0.25) is 15.9 Å². The molecule has 1 aliphatic heterocycles. The Hall–Kier alpha value is -2.78. The van der Waals surface area contributed by atoms with Gasteiger partial charge in [-0.1, -0.05) is 6.07 Å². The molecule has 30 heavy (non-hydrogen) atoms. The van der Waals surface area contributed by atoms with E-state index in [4.69, 9.17) is 0 Å². The lowest BCUT2D eigenvalue weighted by Crippen LogP contribution is -2.43. The molecular formula is C21H24FN3O4S. The predicted molar refractivity (Wildman–Crippen MR) is 111 cm³/mol. The third-order valence-electron chi connectivity index (χ3n) is 4.99. The van der Waals surface area contributed by atoms with Crippen LogP contribution in [0.15, 0.2) is 53.4 Å². The molecule has 1 aliphatic rings. The monoisotopic (exact) mass is 433 g/mol. The highest BCUT2D eigenvalue weighted by Gasteiger charge is 2.33. The van der Waals surface area contributed by atoms with Crippen LogP contribution in [0.5, 0.6) is 0 Å². The number of sulfonamides is 1. The summed E-state index contributed by atoms with van der Waals surface area (Å²) in [7, 11) is -0.520. The molecule has 1 atom stereocenters. The van der Waals surface area contributed by atoms with Crippen molar-refractivity contribution in [2.24, 2.45) is 5.92 Å². The summed E-state index contributed by atoms with van der Waals surface area (Å²) < 4.78 is 40.1. The summed E-state index contributed by atoms with van der Waals surface area (Å²) >= 11 is 0. The molecular weight excluding hydrogens is 409 g/mol. The molecule has 0 radical (unpaired) electrons. The maximum atomic E-state index is 13.1. The van der Waals surface area contributed by atoms with Crippen LogP contribution >= 0.6 is 0 Å². The lowest BCUT2D eigenvalue weighted by molar-refractivity contribution is -0.120. The maximum absolute atomic E-state index is 13.1. The Balaban J connectivity index is 1.71. The van der Waals surface area contributed by atoms with Crippen LogP contribution in [0.3, 0.4) is 0 Å². The molecule has 0 saturated carbocycles. The molecule has 7 nitrogen and oxygen atoms in total. The van der Waals surface area contributed by atoms with Crippen LogP contribution < -0.4 is 5.32 Å². The van der Waals surface area contributed by atoms with E-state index in [1.165, 1.54) is 21.3 Å². The standard InChI is InChI=1S/C21H24FN3O4S/c1-24(2)21(27)15-5-3-7-18(13-15)23-20(26)16-6-4-12-25(14-16)30(28,29)19-10-8-17(22)9-11-19/h3,5,7-11,13,16H,4,6,12,14H2,1-2H3,(H,23,26). The van der Waals surface area contributed by atoms with Gasteiger partial charge in [-0.15, -0.1) is 0 Å². The molecule has 1 N–H and O–H groups in total. The average molecular weight is 434 g/mol. The number of piperidine rings is 1. The molecule has 1 saturated heterocycles. The molecule has 1 fully saturated rings. The Morgan fingerprint density at radius 3 is 2.50 bits per heavy atom. The van der Waals surface area contributed by atoms with E-state index in [9.17, 15) is 22.4 Å². The van der Waals surface area contributed by atoms with Crippen LogP contribution in [0.25, 0.3) is 0 Å². The number of carbonyl (C=O) groups is 2. The average Bonchev–Trinajstić information content (AvgIpc) is 2.73. The van der Waals surface area contributed by atoms with Gasteiger partial charge in [-0.2, -0.15) is 4.31 Å². The van der Waals surface area contributed by atoms with Gasteiger partial charge < -0.3 is 10.2 Å². The number of rotatable bonds is 5. The van der Waals surface area contributed by atoms with Gasteiger partial charge in [0.1, 0.15) is 5.82 Å². The molecule has 3 rings (SSSR count). The van der Waals surface area contributed by atoms with Crippen LogP contribution in [0, 0.1) is 11.7 Å². The van der Waals surface area contributed by atoms with Crippen LogP contribution in [0.4, 0.5) is 10.1 Å². The Kier molecular flexibility index (Phi) is 6.52. The van der Waals surface area contributed by atoms with Gasteiger partial charge in [0.05, 0.1) is 10.8 Å². The van der Waals surface area contributed by atoms with E-state index >= 15 is 0 Å². The quantitative estimate of drug-likeness (QED) is 0.785. The fourth-order valence-electron chi connectivity index (χ4n) is 3.36. The van der Waals surface area contributed by atoms with Crippen molar-refractivity contribution in [3.63, 3.8) is 0 Å². The van der Waals surface area contributed by atoms with Crippen LogP contribution in [-0.2, 0) is 14.8 Å². The van der Waals surface area contributed by atoms with Crippen LogP contribution in [-0.4, -0.2) is 56.6 Å². The van der Waals surface area contributed by atoms with Crippen molar-refractivity contribution in [3.05, 3.63) is 59.9 Å². The second kappa shape index (κ2) is 8.93. The van der Waals surface area contributed by atoms with E-state index in [0.29, 0.717) is 30.6 Å². The molecule has 0 bridgehead atoms. The molecule has 2 aromatic carbocycles. The van der Waals surface area contributed by atoms with E-state index in [0.717, 1.165) is 12.1 Å². The molecule has 1 heterocycles. The summed E-state index contributed by atoms with van der Waals surface area (Å²) in [5, 5.41) is 2.78. The fourth-order valence-corrected chi connectivity index (χ4v) is 4.89. The van der Waals surface area contributed by atoms with Gasteiger partial charge in [-0.05, 0) is 55.3 Å². The highest BCUT2D eigenvalue weighted by atomic mass is 32.2. The molecule has 2 aromatic rings. The van der Waals surface area contributed by atoms with Crippen molar-refractivity contribution in [1.29, 1.82) is 0 Å². The zero-order chi connectivity index (χ0) is 21.9. The van der Waals surface area contributed by atoms with E-state index in [2.05, 4.69) is 5.32 Å². The summed E-state index contributed by atoms with van der Waals surface area (Å²) in [6, 6.07) is 11.3. The molecule has 1 unspecified atom stereocenters. The van der Waals surface area contributed by atoms with E-state index in [-0.39, 0.29) is 23.3 Å². The van der Waals surface area contributed by atoms with E-state index in [1.807, 2.05) is 0 Å². The fraction of sp³-hybridized carbons (Fsp3) is 0.333. The Labute approximate surface area is 175 Å². The van der Waals surface area contributed by atoms with Crippen LogP contribution in [0.2, 0.25) is 0 Å². The van der Waals surface area contributed by atoms with Gasteiger partial charge in [-0.25, -0.2) is 12.8 Å². The molecule has 0 aliphatic carbocycles. The summed E-state index contributed by atoms with van der Waals surface area (Å²) in [4.78, 5) is 26.3. The summed E-state index contributed by atoms with van der Waals surface area (Å²) in [6.07, 6.45) is 1.09. The molecule has 2 amide bonds. The predicted octanol–water partition coefficient (Wildman–Crippen LogP) is 2.57. The largest absolute Gasteiger partial charge is 0.345 e. The number of hydrogen-bond acceptors (Lipinski definition) is 4. The summed E-state index contributed by atoms with van der Waals surface area (Å²) in [5.41, 5.74) is 0.924. The van der Waals surface area contributed by atoms with Gasteiger partial charge in [0, 0.05) is 38.4 Å².